The minimum absolute atomic E-state index is 0. The predicted octanol–water partition coefficient (Wildman–Crippen LogP) is 3.03. The number of ether oxygens (including phenoxy) is 2. The SMILES string of the molecule is CCNC(=NCCN1CCc2cc(OC)c(OC)cc2C1)NC(C)CC.I. The third-order valence-corrected chi connectivity index (χ3v) is 4.82. The van der Waals surface area contributed by atoms with E-state index in [1.807, 2.05) is 0 Å². The average Bonchev–Trinajstić information content (AvgIpc) is 2.66. The lowest BCUT2D eigenvalue weighted by molar-refractivity contribution is 0.260. The van der Waals surface area contributed by atoms with Crippen molar-refractivity contribution in [3.63, 3.8) is 0 Å². The number of fused-ring (bicyclic) bond motifs is 1. The molecule has 0 aliphatic carbocycles. The second-order valence-electron chi connectivity index (χ2n) is 6.72. The van der Waals surface area contributed by atoms with Gasteiger partial charge in [0.25, 0.3) is 0 Å². The van der Waals surface area contributed by atoms with E-state index >= 15 is 0 Å². The standard InChI is InChI=1S/C20H34N4O2.HI/c1-6-15(3)23-20(21-7-2)22-9-11-24-10-8-16-12-18(25-4)19(26-5)13-17(16)14-24;/h12-13,15H,6-11,14H2,1-5H3,(H2,21,22,23);1H. The van der Waals surface area contributed by atoms with Gasteiger partial charge in [-0.2, -0.15) is 0 Å². The molecule has 0 fully saturated rings. The molecule has 1 atom stereocenters. The monoisotopic (exact) mass is 490 g/mol. The molecule has 1 unspecified atom stereocenters. The Hall–Kier alpha value is -1.22. The highest BCUT2D eigenvalue weighted by Gasteiger charge is 2.19. The van der Waals surface area contributed by atoms with Crippen LogP contribution in [0.4, 0.5) is 0 Å². The maximum atomic E-state index is 5.44. The highest BCUT2D eigenvalue weighted by atomic mass is 127. The fourth-order valence-electron chi connectivity index (χ4n) is 3.09. The van der Waals surface area contributed by atoms with Gasteiger partial charge in [0, 0.05) is 32.2 Å². The molecule has 0 saturated carbocycles. The topological polar surface area (TPSA) is 58.1 Å². The summed E-state index contributed by atoms with van der Waals surface area (Å²) in [6.07, 6.45) is 2.11. The number of hydrogen-bond donors (Lipinski definition) is 2. The lowest BCUT2D eigenvalue weighted by Crippen LogP contribution is -2.42. The Labute approximate surface area is 181 Å². The van der Waals surface area contributed by atoms with Crippen molar-refractivity contribution in [1.82, 2.24) is 15.5 Å². The van der Waals surface area contributed by atoms with Crippen LogP contribution in [-0.4, -0.2) is 57.3 Å². The van der Waals surface area contributed by atoms with Crippen LogP contribution in [0.2, 0.25) is 0 Å². The molecule has 2 N–H and O–H groups in total. The fraction of sp³-hybridized carbons (Fsp3) is 0.650. The van der Waals surface area contributed by atoms with Crippen molar-refractivity contribution >= 4 is 29.9 Å². The number of nitrogens with one attached hydrogen (secondary N) is 2. The molecule has 6 nitrogen and oxygen atoms in total. The van der Waals surface area contributed by atoms with Crippen LogP contribution in [0.15, 0.2) is 17.1 Å². The molecule has 0 amide bonds. The molecule has 1 heterocycles. The van der Waals surface area contributed by atoms with Crippen molar-refractivity contribution in [2.24, 2.45) is 4.99 Å². The highest BCUT2D eigenvalue weighted by Crippen LogP contribution is 2.33. The molecule has 0 saturated heterocycles. The maximum absolute atomic E-state index is 5.44. The first-order valence-electron chi connectivity index (χ1n) is 9.62. The normalized spacial score (nSPS) is 15.4. The number of halogens is 1. The van der Waals surface area contributed by atoms with E-state index in [0.29, 0.717) is 6.04 Å². The van der Waals surface area contributed by atoms with Gasteiger partial charge in [0.05, 0.1) is 20.8 Å². The molecular formula is C20H35IN4O2. The minimum atomic E-state index is 0. The quantitative estimate of drug-likeness (QED) is 0.334. The highest BCUT2D eigenvalue weighted by molar-refractivity contribution is 14.0. The first kappa shape index (κ1) is 23.8. The molecule has 0 spiro atoms. The smallest absolute Gasteiger partial charge is 0.191 e. The largest absolute Gasteiger partial charge is 0.493 e. The Balaban J connectivity index is 0.00000364. The molecule has 1 aromatic carbocycles. The summed E-state index contributed by atoms with van der Waals surface area (Å²) in [5.74, 6) is 2.53. The lowest BCUT2D eigenvalue weighted by atomic mass is 9.99. The van der Waals surface area contributed by atoms with Gasteiger partial charge in [0.2, 0.25) is 0 Å². The third-order valence-electron chi connectivity index (χ3n) is 4.82. The molecule has 27 heavy (non-hydrogen) atoms. The summed E-state index contributed by atoms with van der Waals surface area (Å²) < 4.78 is 10.9. The molecular weight excluding hydrogens is 455 g/mol. The number of benzene rings is 1. The summed E-state index contributed by atoms with van der Waals surface area (Å²) in [6, 6.07) is 4.65. The van der Waals surface area contributed by atoms with Crippen LogP contribution in [0.5, 0.6) is 11.5 Å². The lowest BCUT2D eigenvalue weighted by Gasteiger charge is -2.29. The van der Waals surface area contributed by atoms with Gasteiger partial charge in [-0.25, -0.2) is 0 Å². The van der Waals surface area contributed by atoms with Crippen molar-refractivity contribution in [2.75, 3.05) is 40.4 Å². The summed E-state index contributed by atoms with van der Waals surface area (Å²) in [5.41, 5.74) is 2.68. The van der Waals surface area contributed by atoms with Crippen molar-refractivity contribution in [3.8, 4) is 11.5 Å². The Kier molecular flexibility index (Phi) is 10.8. The summed E-state index contributed by atoms with van der Waals surface area (Å²) in [7, 11) is 3.37. The van der Waals surface area contributed by atoms with Gasteiger partial charge in [-0.05, 0) is 49.9 Å². The first-order valence-corrected chi connectivity index (χ1v) is 9.62. The number of aliphatic imine (C=N–C) groups is 1. The van der Waals surface area contributed by atoms with E-state index in [-0.39, 0.29) is 24.0 Å². The Morgan fingerprint density at radius 3 is 2.44 bits per heavy atom. The van der Waals surface area contributed by atoms with Crippen LogP contribution in [0.3, 0.4) is 0 Å². The van der Waals surface area contributed by atoms with E-state index in [1.165, 1.54) is 11.1 Å². The summed E-state index contributed by atoms with van der Waals surface area (Å²) in [5, 5.41) is 6.76. The molecule has 7 heteroatoms. The van der Waals surface area contributed by atoms with Crippen LogP contribution in [-0.2, 0) is 13.0 Å². The van der Waals surface area contributed by atoms with Gasteiger partial charge in [-0.15, -0.1) is 24.0 Å². The van der Waals surface area contributed by atoms with Crippen molar-refractivity contribution < 1.29 is 9.47 Å². The zero-order valence-electron chi connectivity index (χ0n) is 17.3. The van der Waals surface area contributed by atoms with E-state index in [9.17, 15) is 0 Å². The van der Waals surface area contributed by atoms with Crippen LogP contribution < -0.4 is 20.1 Å². The minimum Gasteiger partial charge on any atom is -0.493 e. The number of guanidine groups is 1. The Morgan fingerprint density at radius 1 is 1.19 bits per heavy atom. The molecule has 1 aromatic rings. The zero-order chi connectivity index (χ0) is 18.9. The van der Waals surface area contributed by atoms with Crippen LogP contribution >= 0.6 is 24.0 Å². The van der Waals surface area contributed by atoms with Gasteiger partial charge < -0.3 is 20.1 Å². The first-order chi connectivity index (χ1) is 12.6. The van der Waals surface area contributed by atoms with E-state index in [0.717, 1.165) is 63.0 Å². The van der Waals surface area contributed by atoms with Crippen LogP contribution in [0, 0.1) is 0 Å². The molecule has 0 bridgehead atoms. The number of hydrogen-bond acceptors (Lipinski definition) is 4. The Bertz CT molecular complexity index is 610. The summed E-state index contributed by atoms with van der Waals surface area (Å²) in [4.78, 5) is 7.17. The van der Waals surface area contributed by atoms with Crippen molar-refractivity contribution in [3.05, 3.63) is 23.3 Å². The van der Waals surface area contributed by atoms with E-state index in [4.69, 9.17) is 14.5 Å². The van der Waals surface area contributed by atoms with Gasteiger partial charge in [-0.1, -0.05) is 6.92 Å². The molecule has 1 aliphatic heterocycles. The molecule has 2 rings (SSSR count). The second-order valence-corrected chi connectivity index (χ2v) is 6.72. The van der Waals surface area contributed by atoms with Gasteiger partial charge in [0.1, 0.15) is 0 Å². The van der Waals surface area contributed by atoms with Crippen molar-refractivity contribution in [1.29, 1.82) is 0 Å². The van der Waals surface area contributed by atoms with Gasteiger partial charge >= 0.3 is 0 Å². The van der Waals surface area contributed by atoms with Crippen molar-refractivity contribution in [2.45, 2.75) is 46.2 Å². The van der Waals surface area contributed by atoms with E-state index in [1.54, 1.807) is 14.2 Å². The molecule has 1 aliphatic rings. The third kappa shape index (κ3) is 7.03. The van der Waals surface area contributed by atoms with Crippen LogP contribution in [0.1, 0.15) is 38.3 Å². The second kappa shape index (κ2) is 12.3. The van der Waals surface area contributed by atoms with Crippen LogP contribution in [0.25, 0.3) is 0 Å². The van der Waals surface area contributed by atoms with Gasteiger partial charge in [-0.3, -0.25) is 9.89 Å². The summed E-state index contributed by atoms with van der Waals surface area (Å²) in [6.45, 7) is 11.0. The zero-order valence-corrected chi connectivity index (χ0v) is 19.6. The Morgan fingerprint density at radius 2 is 1.85 bits per heavy atom. The predicted molar refractivity (Wildman–Crippen MR) is 123 cm³/mol. The van der Waals surface area contributed by atoms with Gasteiger partial charge in [0.15, 0.2) is 17.5 Å². The molecule has 0 radical (unpaired) electrons. The van der Waals surface area contributed by atoms with E-state index < -0.39 is 0 Å². The number of methoxy groups -OCH3 is 2. The summed E-state index contributed by atoms with van der Waals surface area (Å²) >= 11 is 0. The fourth-order valence-corrected chi connectivity index (χ4v) is 3.09. The maximum Gasteiger partial charge on any atom is 0.191 e. The number of rotatable bonds is 8. The molecule has 154 valence electrons. The van der Waals surface area contributed by atoms with E-state index in [2.05, 4.69) is 48.4 Å². The number of nitrogens with zero attached hydrogens (tertiary/aromatic N) is 2. The average molecular weight is 490 g/mol. The molecule has 0 aromatic heterocycles.